The molecule has 0 bridgehead atoms. The van der Waals surface area contributed by atoms with Crippen molar-refractivity contribution in [2.75, 3.05) is 24.8 Å². The van der Waals surface area contributed by atoms with Gasteiger partial charge in [0.1, 0.15) is 11.5 Å². The van der Waals surface area contributed by atoms with Crippen LogP contribution in [0.1, 0.15) is 36.5 Å². The Bertz CT molecular complexity index is 757. The number of carbonyl (C=O) groups is 2. The van der Waals surface area contributed by atoms with Crippen molar-refractivity contribution < 1.29 is 19.1 Å². The molecule has 0 aliphatic heterocycles. The summed E-state index contributed by atoms with van der Waals surface area (Å²) < 4.78 is 10.6. The summed E-state index contributed by atoms with van der Waals surface area (Å²) in [6.45, 7) is 2.67. The van der Waals surface area contributed by atoms with E-state index in [2.05, 4.69) is 5.32 Å². The molecule has 0 atom stereocenters. The van der Waals surface area contributed by atoms with Crippen LogP contribution in [0, 0.1) is 0 Å². The third kappa shape index (κ3) is 5.51. The summed E-state index contributed by atoms with van der Waals surface area (Å²) in [4.78, 5) is 24.2. The van der Waals surface area contributed by atoms with Crippen molar-refractivity contribution in [1.29, 1.82) is 0 Å². The number of nitrogens with one attached hydrogen (secondary N) is 1. The molecule has 0 unspecified atom stereocenters. The monoisotopic (exact) mass is 356 g/mol. The average Bonchev–Trinajstić information content (AvgIpc) is 2.65. The number of rotatable bonds is 9. The predicted molar refractivity (Wildman–Crippen MR) is 102 cm³/mol. The maximum absolute atomic E-state index is 12.2. The quantitative estimate of drug-likeness (QED) is 0.528. The molecule has 2 aromatic rings. The van der Waals surface area contributed by atoms with Gasteiger partial charge in [-0.3, -0.25) is 9.59 Å². The second-order valence-corrected chi connectivity index (χ2v) is 5.80. The Hall–Kier alpha value is -3.02. The number of anilines is 2. The highest BCUT2D eigenvalue weighted by molar-refractivity contribution is 6.00. The fourth-order valence-electron chi connectivity index (χ4n) is 2.36. The average molecular weight is 356 g/mol. The molecule has 26 heavy (non-hydrogen) atoms. The van der Waals surface area contributed by atoms with Gasteiger partial charge in [-0.05, 0) is 48.9 Å². The highest BCUT2D eigenvalue weighted by Crippen LogP contribution is 2.24. The third-order valence-corrected chi connectivity index (χ3v) is 3.74. The van der Waals surface area contributed by atoms with Gasteiger partial charge in [-0.25, -0.2) is 0 Å². The fourth-order valence-corrected chi connectivity index (χ4v) is 2.36. The topological polar surface area (TPSA) is 90.7 Å². The molecule has 0 aromatic heterocycles. The predicted octanol–water partition coefficient (Wildman–Crippen LogP) is 3.67. The van der Waals surface area contributed by atoms with Gasteiger partial charge in [0.25, 0.3) is 0 Å². The molecule has 0 spiro atoms. The van der Waals surface area contributed by atoms with E-state index in [1.54, 1.807) is 42.5 Å². The van der Waals surface area contributed by atoms with Crippen LogP contribution >= 0.6 is 0 Å². The molecule has 2 aromatic carbocycles. The molecule has 0 aliphatic rings. The molecule has 6 nitrogen and oxygen atoms in total. The van der Waals surface area contributed by atoms with Crippen LogP contribution in [-0.2, 0) is 4.79 Å². The summed E-state index contributed by atoms with van der Waals surface area (Å²) in [5.74, 6) is 0.949. The molecule has 0 aliphatic carbocycles. The Morgan fingerprint density at radius 3 is 2.42 bits per heavy atom. The van der Waals surface area contributed by atoms with Crippen LogP contribution in [0.15, 0.2) is 42.5 Å². The minimum absolute atomic E-state index is 0.0866. The summed E-state index contributed by atoms with van der Waals surface area (Å²) in [6, 6.07) is 12.0. The highest BCUT2D eigenvalue weighted by Gasteiger charge is 2.10. The van der Waals surface area contributed by atoms with Gasteiger partial charge in [-0.1, -0.05) is 6.92 Å². The van der Waals surface area contributed by atoms with E-state index >= 15 is 0 Å². The van der Waals surface area contributed by atoms with Gasteiger partial charge in [0, 0.05) is 24.1 Å². The van der Waals surface area contributed by atoms with Crippen molar-refractivity contribution in [2.45, 2.75) is 26.2 Å². The number of hydrogen-bond donors (Lipinski definition) is 2. The van der Waals surface area contributed by atoms with E-state index in [0.717, 1.165) is 12.2 Å². The number of hydrogen-bond acceptors (Lipinski definition) is 5. The minimum atomic E-state index is -0.245. The summed E-state index contributed by atoms with van der Waals surface area (Å²) in [7, 11) is 1.53. The Morgan fingerprint density at radius 1 is 1.08 bits per heavy atom. The van der Waals surface area contributed by atoms with E-state index in [1.165, 1.54) is 7.11 Å². The Kier molecular flexibility index (Phi) is 7.02. The largest absolute Gasteiger partial charge is 0.495 e. The molecule has 2 rings (SSSR count). The molecule has 0 radical (unpaired) electrons. The zero-order valence-corrected chi connectivity index (χ0v) is 15.1. The van der Waals surface area contributed by atoms with Gasteiger partial charge in [0.15, 0.2) is 5.78 Å². The first-order valence-electron chi connectivity index (χ1n) is 8.53. The van der Waals surface area contributed by atoms with Gasteiger partial charge in [-0.2, -0.15) is 0 Å². The molecule has 3 N–H and O–H groups in total. The second-order valence-electron chi connectivity index (χ2n) is 5.80. The standard InChI is InChI=1S/C20H24N2O4/c1-3-12-26-16-7-4-14(5-8-16)18(23)9-11-20(24)22-15-6-10-19(25-2)17(21)13-15/h4-8,10,13H,3,9,11-12,21H2,1-2H3,(H,22,24). The highest BCUT2D eigenvalue weighted by atomic mass is 16.5. The summed E-state index contributed by atoms with van der Waals surface area (Å²) in [5.41, 5.74) is 7.38. The smallest absolute Gasteiger partial charge is 0.224 e. The number of nitrogens with two attached hydrogens (primary N) is 1. The Balaban J connectivity index is 1.84. The Labute approximate surface area is 153 Å². The van der Waals surface area contributed by atoms with Crippen molar-refractivity contribution in [3.63, 3.8) is 0 Å². The zero-order valence-electron chi connectivity index (χ0n) is 15.1. The number of Topliss-reactive ketones (excluding diaryl/α,β-unsaturated/α-hetero) is 1. The number of ether oxygens (including phenoxy) is 2. The number of benzene rings is 2. The van der Waals surface area contributed by atoms with Crippen LogP contribution in [0.5, 0.6) is 11.5 Å². The second kappa shape index (κ2) is 9.46. The molecule has 138 valence electrons. The van der Waals surface area contributed by atoms with Crippen molar-refractivity contribution in [3.05, 3.63) is 48.0 Å². The SMILES string of the molecule is CCCOc1ccc(C(=O)CCC(=O)Nc2ccc(OC)c(N)c2)cc1. The summed E-state index contributed by atoms with van der Waals surface area (Å²) in [5, 5.41) is 2.73. The van der Waals surface area contributed by atoms with Crippen molar-refractivity contribution in [1.82, 2.24) is 0 Å². The van der Waals surface area contributed by atoms with E-state index in [4.69, 9.17) is 15.2 Å². The summed E-state index contributed by atoms with van der Waals surface area (Å²) >= 11 is 0. The normalized spacial score (nSPS) is 10.2. The van der Waals surface area contributed by atoms with Crippen LogP contribution in [-0.4, -0.2) is 25.4 Å². The lowest BCUT2D eigenvalue weighted by Gasteiger charge is -2.09. The van der Waals surface area contributed by atoms with Crippen LogP contribution in [0.2, 0.25) is 0 Å². The van der Waals surface area contributed by atoms with Crippen molar-refractivity contribution in [2.24, 2.45) is 0 Å². The number of ketones is 1. The first kappa shape index (κ1) is 19.3. The first-order valence-corrected chi connectivity index (χ1v) is 8.53. The van der Waals surface area contributed by atoms with Crippen LogP contribution in [0.4, 0.5) is 11.4 Å². The number of amides is 1. The third-order valence-electron chi connectivity index (χ3n) is 3.74. The molecule has 0 fully saturated rings. The summed E-state index contributed by atoms with van der Waals surface area (Å²) in [6.07, 6.45) is 1.15. The zero-order chi connectivity index (χ0) is 18.9. The van der Waals surface area contributed by atoms with Crippen LogP contribution < -0.4 is 20.5 Å². The van der Waals surface area contributed by atoms with Gasteiger partial charge >= 0.3 is 0 Å². The van der Waals surface area contributed by atoms with E-state index in [-0.39, 0.29) is 24.5 Å². The molecule has 0 heterocycles. The van der Waals surface area contributed by atoms with Gasteiger partial charge < -0.3 is 20.5 Å². The molecule has 1 amide bonds. The maximum Gasteiger partial charge on any atom is 0.224 e. The number of nitrogen functional groups attached to an aromatic ring is 1. The first-order chi connectivity index (χ1) is 12.5. The molecule has 6 heteroatoms. The minimum Gasteiger partial charge on any atom is -0.495 e. The van der Waals surface area contributed by atoms with Crippen molar-refractivity contribution in [3.8, 4) is 11.5 Å². The van der Waals surface area contributed by atoms with Gasteiger partial charge in [0.2, 0.25) is 5.91 Å². The Morgan fingerprint density at radius 2 is 1.81 bits per heavy atom. The van der Waals surface area contributed by atoms with Gasteiger partial charge in [-0.15, -0.1) is 0 Å². The van der Waals surface area contributed by atoms with E-state index in [1.807, 2.05) is 6.92 Å². The maximum atomic E-state index is 12.2. The van der Waals surface area contributed by atoms with Gasteiger partial charge in [0.05, 0.1) is 19.4 Å². The van der Waals surface area contributed by atoms with E-state index in [0.29, 0.717) is 29.3 Å². The fraction of sp³-hybridized carbons (Fsp3) is 0.300. The molecule has 0 saturated heterocycles. The van der Waals surface area contributed by atoms with Crippen LogP contribution in [0.25, 0.3) is 0 Å². The lowest BCUT2D eigenvalue weighted by molar-refractivity contribution is -0.116. The molecular formula is C20H24N2O4. The van der Waals surface area contributed by atoms with Crippen LogP contribution in [0.3, 0.4) is 0 Å². The number of methoxy groups -OCH3 is 1. The lowest BCUT2D eigenvalue weighted by Crippen LogP contribution is -2.13. The molecule has 0 saturated carbocycles. The molecular weight excluding hydrogens is 332 g/mol. The van der Waals surface area contributed by atoms with E-state index in [9.17, 15) is 9.59 Å². The number of carbonyl (C=O) groups excluding carboxylic acids is 2. The van der Waals surface area contributed by atoms with Crippen molar-refractivity contribution >= 4 is 23.1 Å². The lowest BCUT2D eigenvalue weighted by atomic mass is 10.1. The van der Waals surface area contributed by atoms with E-state index < -0.39 is 0 Å².